The third kappa shape index (κ3) is 4.04. The molecule has 0 aliphatic carbocycles. The minimum absolute atomic E-state index is 0.161. The molecule has 0 amide bonds. The number of sulfonamides is 1. The Hall–Kier alpha value is -2.34. The van der Waals surface area contributed by atoms with Crippen molar-refractivity contribution >= 4 is 44.6 Å². The van der Waals surface area contributed by atoms with Gasteiger partial charge in [-0.15, -0.1) is 0 Å². The first-order valence-corrected chi connectivity index (χ1v) is 11.3. The SMILES string of the molecule is Cc1c(Cl)cccc1S(=O)(=O)Nc1ccc(C2=NCCc3ccc(Cl)cc32)cc1. The van der Waals surface area contributed by atoms with E-state index in [1.165, 1.54) is 11.6 Å². The fourth-order valence-corrected chi connectivity index (χ4v) is 5.12. The lowest BCUT2D eigenvalue weighted by molar-refractivity contribution is 0.600. The van der Waals surface area contributed by atoms with Gasteiger partial charge in [-0.05, 0) is 60.9 Å². The molecule has 0 radical (unpaired) electrons. The summed E-state index contributed by atoms with van der Waals surface area (Å²) in [5, 5.41) is 1.08. The van der Waals surface area contributed by atoms with Gasteiger partial charge in [0.05, 0.1) is 10.6 Å². The maximum absolute atomic E-state index is 12.8. The topological polar surface area (TPSA) is 58.5 Å². The van der Waals surface area contributed by atoms with E-state index >= 15 is 0 Å². The first-order valence-electron chi connectivity index (χ1n) is 9.07. The number of anilines is 1. The third-order valence-corrected chi connectivity index (χ3v) is 7.07. The number of nitrogens with one attached hydrogen (secondary N) is 1. The summed E-state index contributed by atoms with van der Waals surface area (Å²) < 4.78 is 28.1. The lowest BCUT2D eigenvalue weighted by Crippen LogP contribution is -2.15. The Labute approximate surface area is 180 Å². The molecule has 0 saturated carbocycles. The van der Waals surface area contributed by atoms with Crippen LogP contribution in [0.1, 0.15) is 22.3 Å². The van der Waals surface area contributed by atoms with Gasteiger partial charge in [-0.3, -0.25) is 9.71 Å². The van der Waals surface area contributed by atoms with Crippen molar-refractivity contribution in [2.45, 2.75) is 18.2 Å². The number of benzene rings is 3. The molecule has 4 rings (SSSR count). The van der Waals surface area contributed by atoms with Crippen LogP contribution in [0.5, 0.6) is 0 Å². The minimum Gasteiger partial charge on any atom is -0.284 e. The molecule has 7 heteroatoms. The number of aliphatic imine (C=N–C) groups is 1. The summed E-state index contributed by atoms with van der Waals surface area (Å²) in [5.74, 6) is 0. The number of fused-ring (bicyclic) bond motifs is 1. The van der Waals surface area contributed by atoms with Crippen molar-refractivity contribution in [2.75, 3.05) is 11.3 Å². The largest absolute Gasteiger partial charge is 0.284 e. The summed E-state index contributed by atoms with van der Waals surface area (Å²) in [7, 11) is -3.74. The van der Waals surface area contributed by atoms with E-state index in [0.717, 1.165) is 23.3 Å². The molecule has 3 aromatic carbocycles. The van der Waals surface area contributed by atoms with Crippen molar-refractivity contribution in [3.8, 4) is 0 Å². The van der Waals surface area contributed by atoms with Crippen LogP contribution in [-0.4, -0.2) is 20.7 Å². The number of hydrogen-bond donors (Lipinski definition) is 1. The van der Waals surface area contributed by atoms with Gasteiger partial charge in [-0.1, -0.05) is 47.5 Å². The molecule has 4 nitrogen and oxygen atoms in total. The van der Waals surface area contributed by atoms with Crippen LogP contribution in [0, 0.1) is 6.92 Å². The Morgan fingerprint density at radius 1 is 1.00 bits per heavy atom. The van der Waals surface area contributed by atoms with Crippen molar-refractivity contribution in [3.05, 3.63) is 93.0 Å². The van der Waals surface area contributed by atoms with Crippen LogP contribution in [0.4, 0.5) is 5.69 Å². The van der Waals surface area contributed by atoms with Gasteiger partial charge in [0.2, 0.25) is 0 Å². The van der Waals surface area contributed by atoms with E-state index in [9.17, 15) is 8.42 Å². The van der Waals surface area contributed by atoms with Crippen LogP contribution >= 0.6 is 23.2 Å². The van der Waals surface area contributed by atoms with Crippen molar-refractivity contribution < 1.29 is 8.42 Å². The molecule has 1 aliphatic heterocycles. The van der Waals surface area contributed by atoms with Gasteiger partial charge in [0.15, 0.2) is 0 Å². The molecule has 0 bridgehead atoms. The molecule has 0 unspecified atom stereocenters. The van der Waals surface area contributed by atoms with Crippen molar-refractivity contribution in [2.24, 2.45) is 4.99 Å². The summed E-state index contributed by atoms with van der Waals surface area (Å²) in [5.41, 5.74) is 5.00. The standard InChI is InChI=1S/C22H18Cl2N2O2S/c1-14-20(24)3-2-4-21(14)29(27,28)26-18-9-6-16(7-10-18)22-19-13-17(23)8-5-15(19)11-12-25-22/h2-10,13,26H,11-12H2,1H3. The maximum Gasteiger partial charge on any atom is 0.262 e. The molecule has 148 valence electrons. The van der Waals surface area contributed by atoms with Gasteiger partial charge in [-0.25, -0.2) is 8.42 Å². The molecule has 1 heterocycles. The van der Waals surface area contributed by atoms with Gasteiger partial charge in [0.25, 0.3) is 10.0 Å². The summed E-state index contributed by atoms with van der Waals surface area (Å²) in [6.07, 6.45) is 0.882. The van der Waals surface area contributed by atoms with E-state index < -0.39 is 10.0 Å². The van der Waals surface area contributed by atoms with E-state index in [1.54, 1.807) is 31.2 Å². The Kier molecular flexibility index (Phi) is 5.38. The van der Waals surface area contributed by atoms with Crippen molar-refractivity contribution in [1.29, 1.82) is 0 Å². The molecule has 0 fully saturated rings. The highest BCUT2D eigenvalue weighted by Crippen LogP contribution is 2.27. The molecule has 29 heavy (non-hydrogen) atoms. The molecule has 1 aliphatic rings. The Morgan fingerprint density at radius 2 is 1.76 bits per heavy atom. The summed E-state index contributed by atoms with van der Waals surface area (Å²) in [6, 6.07) is 17.8. The van der Waals surface area contributed by atoms with Gasteiger partial charge in [0.1, 0.15) is 0 Å². The van der Waals surface area contributed by atoms with Crippen LogP contribution in [0.3, 0.4) is 0 Å². The highest BCUT2D eigenvalue weighted by atomic mass is 35.5. The second-order valence-electron chi connectivity index (χ2n) is 6.83. The zero-order valence-corrected chi connectivity index (χ0v) is 17.9. The van der Waals surface area contributed by atoms with Gasteiger partial charge < -0.3 is 0 Å². The zero-order valence-electron chi connectivity index (χ0n) is 15.6. The summed E-state index contributed by atoms with van der Waals surface area (Å²) in [6.45, 7) is 2.40. The second-order valence-corrected chi connectivity index (χ2v) is 9.32. The summed E-state index contributed by atoms with van der Waals surface area (Å²) in [4.78, 5) is 4.82. The predicted octanol–water partition coefficient (Wildman–Crippen LogP) is 5.50. The smallest absolute Gasteiger partial charge is 0.262 e. The first-order chi connectivity index (χ1) is 13.8. The lowest BCUT2D eigenvalue weighted by Gasteiger charge is -2.18. The molecule has 1 N–H and O–H groups in total. The van der Waals surface area contributed by atoms with Crippen LogP contribution in [0.15, 0.2) is 70.6 Å². The zero-order chi connectivity index (χ0) is 20.6. The Morgan fingerprint density at radius 3 is 2.52 bits per heavy atom. The average Bonchev–Trinajstić information content (AvgIpc) is 2.70. The van der Waals surface area contributed by atoms with Crippen LogP contribution in [-0.2, 0) is 16.4 Å². The van der Waals surface area contributed by atoms with Gasteiger partial charge in [-0.2, -0.15) is 0 Å². The van der Waals surface area contributed by atoms with E-state index in [4.69, 9.17) is 23.2 Å². The fourth-order valence-electron chi connectivity index (χ4n) is 3.39. The molecule has 3 aromatic rings. The normalized spacial score (nSPS) is 13.6. The second kappa shape index (κ2) is 7.82. The molecule has 0 aromatic heterocycles. The number of hydrogen-bond acceptors (Lipinski definition) is 3. The lowest BCUT2D eigenvalue weighted by atomic mass is 9.93. The van der Waals surface area contributed by atoms with E-state index in [0.29, 0.717) is 27.8 Å². The van der Waals surface area contributed by atoms with E-state index in [-0.39, 0.29) is 4.90 Å². The molecular formula is C22H18Cl2N2O2S. The highest BCUT2D eigenvalue weighted by Gasteiger charge is 2.19. The Bertz CT molecular complexity index is 1220. The minimum atomic E-state index is -3.74. The van der Waals surface area contributed by atoms with Gasteiger partial charge in [0, 0.05) is 33.4 Å². The Balaban J connectivity index is 1.62. The molecule has 0 saturated heterocycles. The van der Waals surface area contributed by atoms with Gasteiger partial charge >= 0.3 is 0 Å². The fraction of sp³-hybridized carbons (Fsp3) is 0.136. The van der Waals surface area contributed by atoms with Crippen LogP contribution in [0.25, 0.3) is 0 Å². The average molecular weight is 445 g/mol. The quantitative estimate of drug-likeness (QED) is 0.577. The van der Waals surface area contributed by atoms with Crippen LogP contribution < -0.4 is 4.72 Å². The number of halogens is 2. The van der Waals surface area contributed by atoms with E-state index in [1.807, 2.05) is 30.3 Å². The summed E-state index contributed by atoms with van der Waals surface area (Å²) >= 11 is 12.2. The molecular weight excluding hydrogens is 427 g/mol. The first kappa shape index (κ1) is 20.0. The maximum atomic E-state index is 12.8. The predicted molar refractivity (Wildman–Crippen MR) is 119 cm³/mol. The van der Waals surface area contributed by atoms with Crippen molar-refractivity contribution in [1.82, 2.24) is 0 Å². The van der Waals surface area contributed by atoms with E-state index in [2.05, 4.69) is 9.71 Å². The number of nitrogens with zero attached hydrogens (tertiary/aromatic N) is 1. The number of rotatable bonds is 4. The monoisotopic (exact) mass is 444 g/mol. The molecule has 0 spiro atoms. The van der Waals surface area contributed by atoms with Crippen molar-refractivity contribution in [3.63, 3.8) is 0 Å². The third-order valence-electron chi connectivity index (χ3n) is 4.90. The van der Waals surface area contributed by atoms with Crippen LogP contribution in [0.2, 0.25) is 10.0 Å². The highest BCUT2D eigenvalue weighted by molar-refractivity contribution is 7.92. The molecule has 0 atom stereocenters.